The van der Waals surface area contributed by atoms with Crippen LogP contribution >= 0.6 is 11.3 Å². The average Bonchev–Trinajstić information content (AvgIpc) is 4.08. The van der Waals surface area contributed by atoms with Crippen molar-refractivity contribution in [3.8, 4) is 45.1 Å². The molecule has 0 amide bonds. The zero-order chi connectivity index (χ0) is 45.2. The molecule has 15 aromatic rings. The number of aromatic nitrogens is 5. The maximum absolute atomic E-state index is 5.12. The molecule has 0 radical (unpaired) electrons. The Morgan fingerprint density at radius 2 is 0.826 bits per heavy atom. The number of nitrogens with zero attached hydrogens (tertiary/aromatic N) is 5. The van der Waals surface area contributed by atoms with Gasteiger partial charge in [0.05, 0.1) is 56.2 Å². The summed E-state index contributed by atoms with van der Waals surface area (Å²) in [7, 11) is 0. The topological polar surface area (TPSA) is 48.5 Å². The quantitative estimate of drug-likeness (QED) is 0.162. The number of pyridine rings is 3. The molecule has 15 rings (SSSR count). The summed E-state index contributed by atoms with van der Waals surface area (Å²) >= 11 is 1.82. The molecule has 0 aliphatic rings. The summed E-state index contributed by atoms with van der Waals surface area (Å²) in [6, 6.07) is 74.6. The summed E-state index contributed by atoms with van der Waals surface area (Å²) < 4.78 is 7.06. The molecule has 0 saturated heterocycles. The average molecular weight is 896 g/mol. The summed E-state index contributed by atoms with van der Waals surface area (Å²) in [4.78, 5) is 15.2. The van der Waals surface area contributed by atoms with Gasteiger partial charge in [-0.2, -0.15) is 0 Å². The summed E-state index contributed by atoms with van der Waals surface area (Å²) in [5.74, 6) is 0. The van der Waals surface area contributed by atoms with Gasteiger partial charge >= 0.3 is 0 Å². The van der Waals surface area contributed by atoms with Crippen molar-refractivity contribution in [3.63, 3.8) is 0 Å². The minimum atomic E-state index is 0.837. The molecule has 5 nitrogen and oxygen atoms in total. The first-order valence-electron chi connectivity index (χ1n) is 23.3. The van der Waals surface area contributed by atoms with Gasteiger partial charge in [0.1, 0.15) is 0 Å². The van der Waals surface area contributed by atoms with Crippen molar-refractivity contribution in [2.45, 2.75) is 0 Å². The zero-order valence-corrected chi connectivity index (χ0v) is 37.8. The highest BCUT2D eigenvalue weighted by Crippen LogP contribution is 2.43. The van der Waals surface area contributed by atoms with Crippen LogP contribution in [0.15, 0.2) is 225 Å². The Balaban J connectivity index is 0.826. The molecule has 69 heavy (non-hydrogen) atoms. The number of thiophene rings is 1. The van der Waals surface area contributed by atoms with Crippen LogP contribution in [0, 0.1) is 0 Å². The predicted octanol–water partition coefficient (Wildman–Crippen LogP) is 16.9. The van der Waals surface area contributed by atoms with Crippen LogP contribution in [0.25, 0.3) is 141 Å². The van der Waals surface area contributed by atoms with E-state index >= 15 is 0 Å². The monoisotopic (exact) mass is 895 g/mol. The SMILES string of the molecule is c1ccc(-n2c3ccccc3c3cc(-c4cc5c6ccccc6n(-c6cccc(-c7nccc8c7sc7ccc(-c9ccc%10c%11ccccc%11c%11ccccc%11c%10c9)cc78)c6)c5cn4)ncc32)cc1. The fourth-order valence-electron chi connectivity index (χ4n) is 11.1. The lowest BCUT2D eigenvalue weighted by molar-refractivity contribution is 1.16. The molecule has 0 aliphatic carbocycles. The number of hydrogen-bond donors (Lipinski definition) is 0. The van der Waals surface area contributed by atoms with Crippen molar-refractivity contribution < 1.29 is 0 Å². The third-order valence-electron chi connectivity index (χ3n) is 14.2. The summed E-state index contributed by atoms with van der Waals surface area (Å²) in [5, 5.41) is 14.8. The van der Waals surface area contributed by atoms with E-state index in [9.17, 15) is 0 Å². The van der Waals surface area contributed by atoms with E-state index in [1.165, 1.54) is 69.0 Å². The molecule has 0 N–H and O–H groups in total. The highest BCUT2D eigenvalue weighted by atomic mass is 32.1. The van der Waals surface area contributed by atoms with Crippen LogP contribution in [-0.2, 0) is 0 Å². The molecular weight excluding hydrogens is 859 g/mol. The Morgan fingerprint density at radius 3 is 1.48 bits per heavy atom. The fraction of sp³-hybridized carbons (Fsp3) is 0. The molecule has 320 valence electrons. The number of benzene rings is 9. The second-order valence-corrected chi connectivity index (χ2v) is 19.0. The van der Waals surface area contributed by atoms with E-state index in [2.05, 4.69) is 215 Å². The van der Waals surface area contributed by atoms with Gasteiger partial charge in [-0.25, -0.2) is 0 Å². The molecule has 0 unspecified atom stereocenters. The number of hydrogen-bond acceptors (Lipinski definition) is 4. The Labute approximate surface area is 399 Å². The van der Waals surface area contributed by atoms with Gasteiger partial charge in [0, 0.05) is 60.2 Å². The Morgan fingerprint density at radius 1 is 0.304 bits per heavy atom. The van der Waals surface area contributed by atoms with Gasteiger partial charge in [-0.1, -0.05) is 133 Å². The van der Waals surface area contributed by atoms with E-state index in [0.717, 1.165) is 72.2 Å². The molecule has 0 aliphatic heterocycles. The van der Waals surface area contributed by atoms with Gasteiger partial charge in [0.2, 0.25) is 0 Å². The molecular formula is C63H37N5S. The molecule has 0 fully saturated rings. The molecule has 6 heterocycles. The van der Waals surface area contributed by atoms with Gasteiger partial charge in [0.25, 0.3) is 0 Å². The van der Waals surface area contributed by atoms with Crippen LogP contribution in [-0.4, -0.2) is 24.1 Å². The van der Waals surface area contributed by atoms with Crippen LogP contribution in [0.2, 0.25) is 0 Å². The lowest BCUT2D eigenvalue weighted by Crippen LogP contribution is -1.96. The number of rotatable bonds is 5. The van der Waals surface area contributed by atoms with Crippen molar-refractivity contribution in [1.29, 1.82) is 0 Å². The first-order chi connectivity index (χ1) is 34.2. The van der Waals surface area contributed by atoms with Crippen molar-refractivity contribution in [1.82, 2.24) is 24.1 Å². The molecule has 0 bridgehead atoms. The Hall–Kier alpha value is -8.97. The lowest BCUT2D eigenvalue weighted by Gasteiger charge is -2.12. The molecule has 0 saturated carbocycles. The lowest BCUT2D eigenvalue weighted by atomic mass is 9.92. The molecule has 0 atom stereocenters. The minimum Gasteiger partial charge on any atom is -0.308 e. The molecule has 6 aromatic heterocycles. The van der Waals surface area contributed by atoms with Crippen LogP contribution in [0.5, 0.6) is 0 Å². The fourth-order valence-corrected chi connectivity index (χ4v) is 12.3. The first kappa shape index (κ1) is 38.2. The normalized spacial score (nSPS) is 12.1. The van der Waals surface area contributed by atoms with E-state index < -0.39 is 0 Å². The second-order valence-electron chi connectivity index (χ2n) is 18.0. The van der Waals surface area contributed by atoms with Crippen molar-refractivity contribution in [2.75, 3.05) is 0 Å². The van der Waals surface area contributed by atoms with E-state index in [1.54, 1.807) is 0 Å². The summed E-state index contributed by atoms with van der Waals surface area (Å²) in [6.45, 7) is 0. The van der Waals surface area contributed by atoms with Gasteiger partial charge < -0.3 is 9.13 Å². The molecule has 0 spiro atoms. The van der Waals surface area contributed by atoms with Crippen LogP contribution in [0.1, 0.15) is 0 Å². The molecule has 9 aromatic carbocycles. The van der Waals surface area contributed by atoms with E-state index in [4.69, 9.17) is 15.0 Å². The predicted molar refractivity (Wildman–Crippen MR) is 290 cm³/mol. The number of para-hydroxylation sites is 3. The third kappa shape index (κ3) is 5.73. The largest absolute Gasteiger partial charge is 0.308 e. The maximum atomic E-state index is 5.12. The van der Waals surface area contributed by atoms with E-state index in [-0.39, 0.29) is 0 Å². The highest BCUT2D eigenvalue weighted by molar-refractivity contribution is 7.26. The number of fused-ring (bicyclic) bond motifs is 15. The van der Waals surface area contributed by atoms with Crippen molar-refractivity contribution in [3.05, 3.63) is 225 Å². The van der Waals surface area contributed by atoms with E-state index in [0.29, 0.717) is 0 Å². The highest BCUT2D eigenvalue weighted by Gasteiger charge is 2.19. The van der Waals surface area contributed by atoms with Crippen LogP contribution < -0.4 is 0 Å². The standard InChI is InChI=1S/C63H37N5S/c1-2-14-41(15-3-1)67-57-23-10-8-21-48(57)52-34-55(65-36-59(52)67)56-35-53-49-22-9-11-24-58(49)68(60(53)37-66-56)42-16-12-13-40(31-42)62-63-50(29-30-64-62)54-33-39(26-28-61(54)69-63)38-25-27-47-45-19-5-4-17-43(45)44-18-6-7-20-46(44)51(47)32-38/h1-37H. The van der Waals surface area contributed by atoms with Gasteiger partial charge in [-0.3, -0.25) is 15.0 Å². The van der Waals surface area contributed by atoms with Gasteiger partial charge in [-0.15, -0.1) is 11.3 Å². The Bertz CT molecular complexity index is 4580. The first-order valence-corrected chi connectivity index (χ1v) is 24.1. The van der Waals surface area contributed by atoms with Crippen molar-refractivity contribution in [2.24, 2.45) is 0 Å². The third-order valence-corrected chi connectivity index (χ3v) is 15.4. The molecule has 6 heteroatoms. The summed E-state index contributed by atoms with van der Waals surface area (Å²) in [6.07, 6.45) is 5.97. The second kappa shape index (κ2) is 14.8. The summed E-state index contributed by atoms with van der Waals surface area (Å²) in [5.41, 5.74) is 12.7. The van der Waals surface area contributed by atoms with Crippen molar-refractivity contribution >= 4 is 107 Å². The Kier molecular flexibility index (Phi) is 8.17. The minimum absolute atomic E-state index is 0.837. The van der Waals surface area contributed by atoms with E-state index in [1.807, 2.05) is 29.9 Å². The van der Waals surface area contributed by atoms with Gasteiger partial charge in [0.15, 0.2) is 0 Å². The zero-order valence-electron chi connectivity index (χ0n) is 37.0. The van der Waals surface area contributed by atoms with Gasteiger partial charge in [-0.05, 0) is 116 Å². The maximum Gasteiger partial charge on any atom is 0.0894 e. The van der Waals surface area contributed by atoms with Crippen LogP contribution in [0.4, 0.5) is 0 Å². The van der Waals surface area contributed by atoms with Crippen LogP contribution in [0.3, 0.4) is 0 Å². The smallest absolute Gasteiger partial charge is 0.0894 e.